The van der Waals surface area contributed by atoms with Crippen molar-refractivity contribution in [1.29, 1.82) is 0 Å². The van der Waals surface area contributed by atoms with Crippen LogP contribution in [0.25, 0.3) is 10.2 Å². The number of aromatic nitrogens is 1. The number of piperazine rings is 1. The van der Waals surface area contributed by atoms with E-state index in [1.54, 1.807) is 11.3 Å². The SMILES string of the molecule is COC(=O)c1csc2c(C3CC3)cc(N3CCN(CC(=O)NC(C)C)CC3)nc12. The smallest absolute Gasteiger partial charge is 0.340 e. The Labute approximate surface area is 175 Å². The first-order chi connectivity index (χ1) is 14.0. The highest BCUT2D eigenvalue weighted by molar-refractivity contribution is 7.17. The molecule has 1 saturated heterocycles. The van der Waals surface area contributed by atoms with Gasteiger partial charge < -0.3 is 15.0 Å². The molecule has 0 unspecified atom stereocenters. The number of methoxy groups -OCH3 is 1. The van der Waals surface area contributed by atoms with Crippen molar-refractivity contribution in [3.63, 3.8) is 0 Å². The topological polar surface area (TPSA) is 74.8 Å². The molecular formula is C21H28N4O3S. The molecule has 1 saturated carbocycles. The van der Waals surface area contributed by atoms with Gasteiger partial charge in [0.15, 0.2) is 0 Å². The molecule has 1 aliphatic carbocycles. The van der Waals surface area contributed by atoms with E-state index < -0.39 is 0 Å². The molecule has 0 radical (unpaired) electrons. The molecule has 2 aromatic rings. The summed E-state index contributed by atoms with van der Waals surface area (Å²) in [7, 11) is 1.41. The van der Waals surface area contributed by atoms with E-state index in [1.807, 2.05) is 19.2 Å². The number of anilines is 1. The van der Waals surface area contributed by atoms with Gasteiger partial charge in [-0.1, -0.05) is 0 Å². The molecule has 1 N–H and O–H groups in total. The Kier molecular flexibility index (Phi) is 5.74. The van der Waals surface area contributed by atoms with Gasteiger partial charge >= 0.3 is 5.97 Å². The van der Waals surface area contributed by atoms with Gasteiger partial charge in [-0.25, -0.2) is 9.78 Å². The maximum Gasteiger partial charge on any atom is 0.340 e. The summed E-state index contributed by atoms with van der Waals surface area (Å²) in [6.45, 7) is 7.65. The van der Waals surface area contributed by atoms with E-state index in [1.165, 1.54) is 25.5 Å². The first-order valence-corrected chi connectivity index (χ1v) is 11.1. The van der Waals surface area contributed by atoms with E-state index in [9.17, 15) is 9.59 Å². The molecular weight excluding hydrogens is 388 g/mol. The van der Waals surface area contributed by atoms with E-state index in [4.69, 9.17) is 9.72 Å². The van der Waals surface area contributed by atoms with Crippen LogP contribution in [0.4, 0.5) is 5.82 Å². The van der Waals surface area contributed by atoms with Crippen LogP contribution in [-0.2, 0) is 9.53 Å². The van der Waals surface area contributed by atoms with E-state index in [2.05, 4.69) is 21.2 Å². The molecule has 0 spiro atoms. The first kappa shape index (κ1) is 20.1. The van der Waals surface area contributed by atoms with Gasteiger partial charge in [-0.2, -0.15) is 0 Å². The Morgan fingerprint density at radius 2 is 2.00 bits per heavy atom. The van der Waals surface area contributed by atoms with Crippen LogP contribution in [-0.4, -0.2) is 67.6 Å². The van der Waals surface area contributed by atoms with Crippen LogP contribution in [0.5, 0.6) is 0 Å². The lowest BCUT2D eigenvalue weighted by molar-refractivity contribution is -0.122. The van der Waals surface area contributed by atoms with Crippen LogP contribution in [0, 0.1) is 0 Å². The van der Waals surface area contributed by atoms with Crippen molar-refractivity contribution in [3.8, 4) is 0 Å². The van der Waals surface area contributed by atoms with Gasteiger partial charge in [-0.15, -0.1) is 11.3 Å². The van der Waals surface area contributed by atoms with Crippen LogP contribution >= 0.6 is 11.3 Å². The normalized spacial score (nSPS) is 17.7. The monoisotopic (exact) mass is 416 g/mol. The number of nitrogens with zero attached hydrogens (tertiary/aromatic N) is 3. The third kappa shape index (κ3) is 4.38. The Hall–Kier alpha value is -2.19. The number of hydrogen-bond donors (Lipinski definition) is 1. The number of thiophene rings is 1. The molecule has 1 aliphatic heterocycles. The zero-order valence-electron chi connectivity index (χ0n) is 17.2. The van der Waals surface area contributed by atoms with E-state index in [0.29, 0.717) is 18.0 Å². The minimum Gasteiger partial charge on any atom is -0.465 e. The van der Waals surface area contributed by atoms with Crippen molar-refractivity contribution < 1.29 is 14.3 Å². The number of amides is 1. The number of ether oxygens (including phenoxy) is 1. The predicted molar refractivity (Wildman–Crippen MR) is 115 cm³/mol. The standard InChI is InChI=1S/C21H28N4O3S/c1-13(2)22-18(26)11-24-6-8-25(9-7-24)17-10-15(14-4-5-14)20-19(23-17)16(12-29-20)21(27)28-3/h10,12-14H,4-9,11H2,1-3H3,(H,22,26). The van der Waals surface area contributed by atoms with Crippen molar-refractivity contribution in [2.24, 2.45) is 0 Å². The highest BCUT2D eigenvalue weighted by Crippen LogP contribution is 2.46. The highest BCUT2D eigenvalue weighted by Gasteiger charge is 2.30. The Balaban J connectivity index is 1.52. The Bertz CT molecular complexity index is 914. The third-order valence-corrected chi connectivity index (χ3v) is 6.49. The van der Waals surface area contributed by atoms with Crippen molar-refractivity contribution in [3.05, 3.63) is 22.6 Å². The Morgan fingerprint density at radius 3 is 2.62 bits per heavy atom. The molecule has 2 aromatic heterocycles. The second-order valence-electron chi connectivity index (χ2n) is 8.15. The van der Waals surface area contributed by atoms with Gasteiger partial charge in [0.25, 0.3) is 0 Å². The van der Waals surface area contributed by atoms with Gasteiger partial charge in [0.2, 0.25) is 5.91 Å². The van der Waals surface area contributed by atoms with E-state index in [-0.39, 0.29) is 17.9 Å². The zero-order chi connectivity index (χ0) is 20.5. The van der Waals surface area contributed by atoms with Crippen molar-refractivity contribution in [1.82, 2.24) is 15.2 Å². The fraction of sp³-hybridized carbons (Fsp3) is 0.571. The second kappa shape index (κ2) is 8.28. The third-order valence-electron chi connectivity index (χ3n) is 5.47. The summed E-state index contributed by atoms with van der Waals surface area (Å²) < 4.78 is 6.06. The van der Waals surface area contributed by atoms with Gasteiger partial charge in [0, 0.05) is 37.6 Å². The number of carbonyl (C=O) groups is 2. The van der Waals surface area contributed by atoms with E-state index in [0.717, 1.165) is 42.2 Å². The molecule has 29 heavy (non-hydrogen) atoms. The molecule has 8 heteroatoms. The van der Waals surface area contributed by atoms with Gasteiger partial charge in [-0.05, 0) is 44.2 Å². The quantitative estimate of drug-likeness (QED) is 0.730. The summed E-state index contributed by atoms with van der Waals surface area (Å²) >= 11 is 1.59. The van der Waals surface area contributed by atoms with Crippen molar-refractivity contribution in [2.75, 3.05) is 44.7 Å². The number of hydrogen-bond acceptors (Lipinski definition) is 7. The molecule has 0 atom stereocenters. The summed E-state index contributed by atoms with van der Waals surface area (Å²) in [6.07, 6.45) is 2.39. The summed E-state index contributed by atoms with van der Waals surface area (Å²) in [5, 5.41) is 4.82. The number of rotatable bonds is 6. The lowest BCUT2D eigenvalue weighted by Gasteiger charge is -2.35. The van der Waals surface area contributed by atoms with Crippen molar-refractivity contribution in [2.45, 2.75) is 38.6 Å². The summed E-state index contributed by atoms with van der Waals surface area (Å²) in [5.74, 6) is 1.24. The molecule has 0 bridgehead atoms. The van der Waals surface area contributed by atoms with E-state index >= 15 is 0 Å². The minimum atomic E-state index is -0.330. The van der Waals surface area contributed by atoms with Gasteiger partial charge in [0.05, 0.1) is 29.4 Å². The average molecular weight is 417 g/mol. The zero-order valence-corrected chi connectivity index (χ0v) is 18.1. The molecule has 3 heterocycles. The molecule has 7 nitrogen and oxygen atoms in total. The van der Waals surface area contributed by atoms with Crippen LogP contribution in [0.15, 0.2) is 11.4 Å². The average Bonchev–Trinajstić information content (AvgIpc) is 3.45. The number of fused-ring (bicyclic) bond motifs is 1. The summed E-state index contributed by atoms with van der Waals surface area (Å²) in [5.41, 5.74) is 2.63. The molecule has 156 valence electrons. The van der Waals surface area contributed by atoms with Crippen LogP contribution in [0.2, 0.25) is 0 Å². The minimum absolute atomic E-state index is 0.0741. The highest BCUT2D eigenvalue weighted by atomic mass is 32.1. The molecule has 2 fully saturated rings. The van der Waals surface area contributed by atoms with Crippen LogP contribution in [0.1, 0.15) is 48.5 Å². The maximum atomic E-state index is 12.2. The summed E-state index contributed by atoms with van der Waals surface area (Å²) in [6, 6.07) is 2.37. The predicted octanol–water partition coefficient (Wildman–Crippen LogP) is 2.61. The fourth-order valence-electron chi connectivity index (χ4n) is 3.84. The number of carbonyl (C=O) groups excluding carboxylic acids is 2. The Morgan fingerprint density at radius 1 is 1.28 bits per heavy atom. The van der Waals surface area contributed by atoms with Crippen LogP contribution < -0.4 is 10.2 Å². The fourth-order valence-corrected chi connectivity index (χ4v) is 4.91. The second-order valence-corrected chi connectivity index (χ2v) is 9.03. The lowest BCUT2D eigenvalue weighted by Crippen LogP contribution is -2.50. The molecule has 0 aromatic carbocycles. The first-order valence-electron chi connectivity index (χ1n) is 10.2. The number of nitrogens with one attached hydrogen (secondary N) is 1. The molecule has 1 amide bonds. The number of esters is 1. The molecule has 4 rings (SSSR count). The van der Waals surface area contributed by atoms with Gasteiger partial charge in [0.1, 0.15) is 5.82 Å². The van der Waals surface area contributed by atoms with Gasteiger partial charge in [-0.3, -0.25) is 9.69 Å². The summed E-state index contributed by atoms with van der Waals surface area (Å²) in [4.78, 5) is 33.5. The number of pyridine rings is 1. The largest absolute Gasteiger partial charge is 0.465 e. The molecule has 2 aliphatic rings. The van der Waals surface area contributed by atoms with Crippen molar-refractivity contribution >= 4 is 39.2 Å². The van der Waals surface area contributed by atoms with Crippen LogP contribution in [0.3, 0.4) is 0 Å². The lowest BCUT2D eigenvalue weighted by atomic mass is 10.1. The maximum absolute atomic E-state index is 12.2.